The first-order valence-corrected chi connectivity index (χ1v) is 13.0. The van der Waals surface area contributed by atoms with Gasteiger partial charge in [-0.05, 0) is 49.9 Å². The highest BCUT2D eigenvalue weighted by Gasteiger charge is 2.41. The molecule has 0 saturated carbocycles. The van der Waals surface area contributed by atoms with E-state index in [0.29, 0.717) is 50.5 Å². The van der Waals surface area contributed by atoms with Gasteiger partial charge in [0.1, 0.15) is 12.4 Å². The summed E-state index contributed by atoms with van der Waals surface area (Å²) in [4.78, 5) is 40.7. The largest absolute Gasteiger partial charge is 0.489 e. The summed E-state index contributed by atoms with van der Waals surface area (Å²) in [5.74, 6) is 0.226. The van der Waals surface area contributed by atoms with Crippen LogP contribution < -0.4 is 20.7 Å². The number of allylic oxidation sites excluding steroid dienone is 1. The van der Waals surface area contributed by atoms with E-state index in [1.54, 1.807) is 18.2 Å². The molecule has 3 amide bonds. The predicted molar refractivity (Wildman–Crippen MR) is 142 cm³/mol. The maximum Gasteiger partial charge on any atom is 0.255 e. The molecule has 2 aliphatic rings. The molecule has 2 heterocycles. The molecule has 4 rings (SSSR count). The molecule has 0 bridgehead atoms. The van der Waals surface area contributed by atoms with Gasteiger partial charge in [0, 0.05) is 26.2 Å². The number of carbonyl (C=O) groups excluding carboxylic acids is 3. The van der Waals surface area contributed by atoms with Crippen molar-refractivity contribution in [3.8, 4) is 5.75 Å². The summed E-state index contributed by atoms with van der Waals surface area (Å²) < 4.78 is 5.84. The third kappa shape index (κ3) is 7.43. The Kier molecular flexibility index (Phi) is 9.32. The molecule has 1 unspecified atom stereocenters. The summed E-state index contributed by atoms with van der Waals surface area (Å²) in [7, 11) is 0. The highest BCUT2D eigenvalue weighted by Crippen LogP contribution is 2.34. The fourth-order valence-corrected chi connectivity index (χ4v) is 4.99. The molecule has 0 aromatic heterocycles. The fourth-order valence-electron chi connectivity index (χ4n) is 4.99. The third-order valence-corrected chi connectivity index (χ3v) is 6.92. The maximum atomic E-state index is 13.4. The molecule has 0 aliphatic carbocycles. The standard InChI is InChI=1S/C29H36N4O4/c34-26(30-16-13-23-9-2-1-3-10-23)21-33-19-8-15-29(22-33)14-6-7-20-37-25-12-5-4-11-24(25)27(35)31-17-18-32-28(29)36/h1-7,9-12H,8,13-22H2,(H,30,34)(H,31,35)(H,32,36)/b7-6-. The molecule has 1 atom stereocenters. The van der Waals surface area contributed by atoms with Crippen LogP contribution in [0.15, 0.2) is 66.7 Å². The maximum absolute atomic E-state index is 13.4. The average Bonchev–Trinajstić information content (AvgIpc) is 2.91. The number of benzene rings is 2. The van der Waals surface area contributed by atoms with Gasteiger partial charge in [-0.1, -0.05) is 54.6 Å². The Balaban J connectivity index is 1.36. The number of para-hydroxylation sites is 1. The zero-order valence-electron chi connectivity index (χ0n) is 21.2. The van der Waals surface area contributed by atoms with Gasteiger partial charge in [0.25, 0.3) is 5.91 Å². The highest BCUT2D eigenvalue weighted by atomic mass is 16.5. The summed E-state index contributed by atoms with van der Waals surface area (Å²) in [5.41, 5.74) is 1.03. The molecule has 196 valence electrons. The van der Waals surface area contributed by atoms with E-state index in [1.165, 1.54) is 5.56 Å². The second-order valence-corrected chi connectivity index (χ2v) is 9.67. The Morgan fingerprint density at radius 3 is 2.65 bits per heavy atom. The van der Waals surface area contributed by atoms with E-state index in [2.05, 4.69) is 33.0 Å². The van der Waals surface area contributed by atoms with Crippen molar-refractivity contribution in [2.24, 2.45) is 5.41 Å². The zero-order valence-corrected chi connectivity index (χ0v) is 21.2. The molecule has 8 nitrogen and oxygen atoms in total. The Morgan fingerprint density at radius 1 is 1.00 bits per heavy atom. The molecule has 2 aromatic rings. The molecule has 3 N–H and O–H groups in total. The molecule has 37 heavy (non-hydrogen) atoms. The van der Waals surface area contributed by atoms with Crippen molar-refractivity contribution in [3.63, 3.8) is 0 Å². The monoisotopic (exact) mass is 504 g/mol. The first-order chi connectivity index (χ1) is 18.1. The van der Waals surface area contributed by atoms with Crippen LogP contribution in [-0.4, -0.2) is 68.5 Å². The SMILES string of the molecule is O=C(CN1CCCC2(C/C=C\COc3ccccc3C(=O)NCCNC2=O)C1)NCCc1ccccc1. The van der Waals surface area contributed by atoms with Gasteiger partial charge in [0.05, 0.1) is 17.5 Å². The summed E-state index contributed by atoms with van der Waals surface area (Å²) in [6, 6.07) is 17.2. The number of likely N-dealkylation sites (tertiary alicyclic amines) is 1. The van der Waals surface area contributed by atoms with Crippen LogP contribution in [0.4, 0.5) is 0 Å². The first kappa shape index (κ1) is 26.4. The van der Waals surface area contributed by atoms with Crippen LogP contribution in [0.5, 0.6) is 5.75 Å². The zero-order chi connectivity index (χ0) is 25.9. The Morgan fingerprint density at radius 2 is 1.78 bits per heavy atom. The number of fused-ring (bicyclic) bond motifs is 1. The van der Waals surface area contributed by atoms with Gasteiger partial charge in [-0.15, -0.1) is 0 Å². The smallest absolute Gasteiger partial charge is 0.255 e. The Bertz CT molecular complexity index is 1100. The number of hydrogen-bond donors (Lipinski definition) is 3. The average molecular weight is 505 g/mol. The molecule has 2 aromatic carbocycles. The van der Waals surface area contributed by atoms with Crippen molar-refractivity contribution in [1.29, 1.82) is 0 Å². The third-order valence-electron chi connectivity index (χ3n) is 6.92. The number of hydrogen-bond acceptors (Lipinski definition) is 5. The number of rotatable bonds is 5. The lowest BCUT2D eigenvalue weighted by atomic mass is 9.76. The molecular formula is C29H36N4O4. The number of piperidine rings is 1. The molecule has 8 heteroatoms. The van der Waals surface area contributed by atoms with Crippen molar-refractivity contribution in [3.05, 3.63) is 77.9 Å². The fraction of sp³-hybridized carbons (Fsp3) is 0.414. The lowest BCUT2D eigenvalue weighted by Gasteiger charge is -2.41. The summed E-state index contributed by atoms with van der Waals surface area (Å²) in [6.45, 7) is 3.09. The highest BCUT2D eigenvalue weighted by molar-refractivity contribution is 5.97. The van der Waals surface area contributed by atoms with Crippen LogP contribution in [-0.2, 0) is 16.0 Å². The molecule has 1 fully saturated rings. The molecule has 1 saturated heterocycles. The topological polar surface area (TPSA) is 99.8 Å². The number of ether oxygens (including phenoxy) is 1. The summed E-state index contributed by atoms with van der Waals surface area (Å²) in [6.07, 6.45) is 6.79. The first-order valence-electron chi connectivity index (χ1n) is 13.0. The number of carbonyl (C=O) groups is 3. The number of nitrogens with one attached hydrogen (secondary N) is 3. The predicted octanol–water partition coefficient (Wildman–Crippen LogP) is 2.31. The number of nitrogens with zero attached hydrogens (tertiary/aromatic N) is 1. The van der Waals surface area contributed by atoms with E-state index in [0.717, 1.165) is 25.8 Å². The molecular weight excluding hydrogens is 468 g/mol. The van der Waals surface area contributed by atoms with Gasteiger partial charge >= 0.3 is 0 Å². The van der Waals surface area contributed by atoms with Crippen LogP contribution >= 0.6 is 0 Å². The van der Waals surface area contributed by atoms with Crippen molar-refractivity contribution < 1.29 is 19.1 Å². The lowest BCUT2D eigenvalue weighted by Crippen LogP contribution is -2.54. The minimum absolute atomic E-state index is 0.0281. The second-order valence-electron chi connectivity index (χ2n) is 9.67. The van der Waals surface area contributed by atoms with Gasteiger partial charge in [0.2, 0.25) is 11.8 Å². The van der Waals surface area contributed by atoms with Crippen LogP contribution in [0.1, 0.15) is 35.2 Å². The van der Waals surface area contributed by atoms with E-state index < -0.39 is 5.41 Å². The molecule has 2 aliphatic heterocycles. The summed E-state index contributed by atoms with van der Waals surface area (Å²) >= 11 is 0. The van der Waals surface area contributed by atoms with Crippen molar-refractivity contribution in [1.82, 2.24) is 20.9 Å². The van der Waals surface area contributed by atoms with Gasteiger partial charge < -0.3 is 20.7 Å². The van der Waals surface area contributed by atoms with Crippen molar-refractivity contribution in [2.75, 3.05) is 45.9 Å². The molecule has 1 spiro atoms. The summed E-state index contributed by atoms with van der Waals surface area (Å²) in [5, 5.41) is 8.89. The Labute approximate surface area is 218 Å². The lowest BCUT2D eigenvalue weighted by molar-refractivity contribution is -0.136. The quantitative estimate of drug-likeness (QED) is 0.543. The van der Waals surface area contributed by atoms with E-state index >= 15 is 0 Å². The van der Waals surface area contributed by atoms with Gasteiger partial charge in [-0.25, -0.2) is 0 Å². The van der Waals surface area contributed by atoms with Crippen LogP contribution in [0, 0.1) is 5.41 Å². The minimum atomic E-state index is -0.634. The van der Waals surface area contributed by atoms with Gasteiger partial charge in [-0.2, -0.15) is 0 Å². The molecule has 0 radical (unpaired) electrons. The van der Waals surface area contributed by atoms with Crippen LogP contribution in [0.25, 0.3) is 0 Å². The van der Waals surface area contributed by atoms with E-state index in [1.807, 2.05) is 36.4 Å². The van der Waals surface area contributed by atoms with Crippen molar-refractivity contribution >= 4 is 17.7 Å². The normalized spacial score (nSPS) is 22.1. The number of amides is 3. The van der Waals surface area contributed by atoms with Crippen LogP contribution in [0.3, 0.4) is 0 Å². The second kappa shape index (κ2) is 13.1. The van der Waals surface area contributed by atoms with E-state index in [-0.39, 0.29) is 24.3 Å². The van der Waals surface area contributed by atoms with E-state index in [4.69, 9.17) is 4.74 Å². The van der Waals surface area contributed by atoms with Gasteiger partial charge in [0.15, 0.2) is 0 Å². The van der Waals surface area contributed by atoms with Gasteiger partial charge in [-0.3, -0.25) is 19.3 Å². The van der Waals surface area contributed by atoms with Crippen LogP contribution in [0.2, 0.25) is 0 Å². The van der Waals surface area contributed by atoms with Crippen molar-refractivity contribution in [2.45, 2.75) is 25.7 Å². The minimum Gasteiger partial charge on any atom is -0.489 e. The van der Waals surface area contributed by atoms with E-state index in [9.17, 15) is 14.4 Å². The Hall–Kier alpha value is -3.65.